The molecule has 0 unspecified atom stereocenters. The average Bonchev–Trinajstić information content (AvgIpc) is 2.92. The summed E-state index contributed by atoms with van der Waals surface area (Å²) in [4.78, 5) is 4.51. The van der Waals surface area contributed by atoms with Crippen molar-refractivity contribution in [2.24, 2.45) is 0 Å². The summed E-state index contributed by atoms with van der Waals surface area (Å²) < 4.78 is 11.3. The van der Waals surface area contributed by atoms with Crippen molar-refractivity contribution in [2.75, 3.05) is 0 Å². The number of hydrogen-bond donors (Lipinski definition) is 0. The molecular weight excluding hydrogens is 238 g/mol. The van der Waals surface area contributed by atoms with Crippen LogP contribution in [0.15, 0.2) is 47.1 Å². The first-order chi connectivity index (χ1) is 9.25. The van der Waals surface area contributed by atoms with Crippen LogP contribution in [0.25, 0.3) is 11.0 Å². The van der Waals surface area contributed by atoms with Gasteiger partial charge >= 0.3 is 0 Å². The number of fused-ring (bicyclic) bond motifs is 1. The van der Waals surface area contributed by atoms with E-state index in [1.807, 2.05) is 50.2 Å². The maximum absolute atomic E-state index is 5.81. The van der Waals surface area contributed by atoms with Crippen LogP contribution in [0.3, 0.4) is 0 Å². The molecule has 0 radical (unpaired) electrons. The first kappa shape index (κ1) is 11.8. The number of furan rings is 1. The third-order valence-electron chi connectivity index (χ3n) is 3.20. The van der Waals surface area contributed by atoms with Crippen LogP contribution in [0.1, 0.15) is 16.8 Å². The van der Waals surface area contributed by atoms with Gasteiger partial charge in [0.1, 0.15) is 12.2 Å². The van der Waals surface area contributed by atoms with Gasteiger partial charge in [-0.2, -0.15) is 0 Å². The Hall–Kier alpha value is -2.29. The molecule has 0 aliphatic rings. The fraction of sp³-hybridized carbons (Fsp3) is 0.188. The van der Waals surface area contributed by atoms with Gasteiger partial charge in [0.15, 0.2) is 0 Å². The summed E-state index contributed by atoms with van der Waals surface area (Å²) in [6.45, 7) is 4.45. The van der Waals surface area contributed by atoms with E-state index in [9.17, 15) is 0 Å². The highest BCUT2D eigenvalue weighted by molar-refractivity contribution is 5.83. The lowest BCUT2D eigenvalue weighted by atomic mass is 10.2. The maximum atomic E-state index is 5.81. The number of pyridine rings is 1. The summed E-state index contributed by atoms with van der Waals surface area (Å²) in [5.74, 6) is 0.642. The molecule has 3 nitrogen and oxygen atoms in total. The molecule has 0 fully saturated rings. The van der Waals surface area contributed by atoms with Gasteiger partial charge < -0.3 is 9.15 Å². The van der Waals surface area contributed by atoms with Crippen molar-refractivity contribution in [3.8, 4) is 5.88 Å². The van der Waals surface area contributed by atoms with Gasteiger partial charge in [-0.25, -0.2) is 4.98 Å². The zero-order valence-corrected chi connectivity index (χ0v) is 11.0. The molecule has 19 heavy (non-hydrogen) atoms. The Morgan fingerprint density at radius 1 is 1.11 bits per heavy atom. The molecule has 0 bridgehead atoms. The summed E-state index contributed by atoms with van der Waals surface area (Å²) >= 11 is 0. The van der Waals surface area contributed by atoms with Crippen LogP contribution in [0.4, 0.5) is 0 Å². The number of hydrogen-bond acceptors (Lipinski definition) is 3. The van der Waals surface area contributed by atoms with Crippen LogP contribution in [0, 0.1) is 13.8 Å². The average molecular weight is 253 g/mol. The Labute approximate surface area is 111 Å². The lowest BCUT2D eigenvalue weighted by molar-refractivity contribution is 0.291. The second-order valence-electron chi connectivity index (χ2n) is 4.57. The smallest absolute Gasteiger partial charge is 0.220 e. The fourth-order valence-corrected chi connectivity index (χ4v) is 2.14. The zero-order chi connectivity index (χ0) is 13.2. The third-order valence-corrected chi connectivity index (χ3v) is 3.20. The van der Waals surface area contributed by atoms with E-state index in [0.29, 0.717) is 12.5 Å². The van der Waals surface area contributed by atoms with Gasteiger partial charge in [0.25, 0.3) is 0 Å². The number of rotatable bonds is 3. The van der Waals surface area contributed by atoms with Crippen molar-refractivity contribution in [1.82, 2.24) is 4.98 Å². The zero-order valence-electron chi connectivity index (χ0n) is 11.0. The van der Waals surface area contributed by atoms with Crippen molar-refractivity contribution in [2.45, 2.75) is 20.5 Å². The molecule has 3 heteroatoms. The molecule has 0 saturated heterocycles. The summed E-state index contributed by atoms with van der Waals surface area (Å²) in [6.07, 6.45) is 1.69. The Kier molecular flexibility index (Phi) is 2.95. The number of benzene rings is 1. The van der Waals surface area contributed by atoms with Crippen LogP contribution in [0.2, 0.25) is 0 Å². The Morgan fingerprint density at radius 3 is 2.68 bits per heavy atom. The SMILES string of the molecule is Cc1nc(OCc2ccccc2)c(C)c2occc12. The molecule has 0 amide bonds. The molecule has 0 N–H and O–H groups in total. The summed E-state index contributed by atoms with van der Waals surface area (Å²) in [5, 5.41) is 1.05. The molecule has 1 aromatic carbocycles. The Balaban J connectivity index is 1.91. The topological polar surface area (TPSA) is 35.3 Å². The van der Waals surface area contributed by atoms with E-state index in [1.165, 1.54) is 0 Å². The molecule has 0 aliphatic heterocycles. The fourth-order valence-electron chi connectivity index (χ4n) is 2.14. The molecule has 0 atom stereocenters. The van der Waals surface area contributed by atoms with E-state index >= 15 is 0 Å². The first-order valence-corrected chi connectivity index (χ1v) is 6.27. The van der Waals surface area contributed by atoms with E-state index in [2.05, 4.69) is 4.98 Å². The standard InChI is InChI=1S/C16H15NO2/c1-11-15-14(8-9-18-15)12(2)17-16(11)19-10-13-6-4-3-5-7-13/h3-9H,10H2,1-2H3. The predicted molar refractivity (Wildman–Crippen MR) is 74.3 cm³/mol. The second kappa shape index (κ2) is 4.76. The van der Waals surface area contributed by atoms with E-state index in [0.717, 1.165) is 27.8 Å². The first-order valence-electron chi connectivity index (χ1n) is 6.27. The van der Waals surface area contributed by atoms with Crippen molar-refractivity contribution in [3.05, 3.63) is 59.5 Å². The second-order valence-corrected chi connectivity index (χ2v) is 4.57. The number of aromatic nitrogens is 1. The monoisotopic (exact) mass is 253 g/mol. The number of ether oxygens (including phenoxy) is 1. The highest BCUT2D eigenvalue weighted by Crippen LogP contribution is 2.28. The van der Waals surface area contributed by atoms with Crippen LogP contribution in [-0.2, 0) is 6.61 Å². The lowest BCUT2D eigenvalue weighted by Gasteiger charge is -2.09. The van der Waals surface area contributed by atoms with Crippen LogP contribution in [0.5, 0.6) is 5.88 Å². The molecule has 3 rings (SSSR count). The van der Waals surface area contributed by atoms with Gasteiger partial charge in [-0.1, -0.05) is 30.3 Å². The van der Waals surface area contributed by atoms with Crippen LogP contribution >= 0.6 is 0 Å². The van der Waals surface area contributed by atoms with E-state index in [4.69, 9.17) is 9.15 Å². The maximum Gasteiger partial charge on any atom is 0.220 e. The van der Waals surface area contributed by atoms with Gasteiger partial charge in [-0.3, -0.25) is 0 Å². The minimum absolute atomic E-state index is 0.514. The van der Waals surface area contributed by atoms with E-state index < -0.39 is 0 Å². The van der Waals surface area contributed by atoms with Crippen LogP contribution in [-0.4, -0.2) is 4.98 Å². The van der Waals surface area contributed by atoms with Crippen molar-refractivity contribution < 1.29 is 9.15 Å². The molecule has 3 aromatic rings. The minimum atomic E-state index is 0.514. The molecule has 96 valence electrons. The molecule has 0 saturated carbocycles. The molecule has 2 heterocycles. The van der Waals surface area contributed by atoms with E-state index in [-0.39, 0.29) is 0 Å². The molecule has 0 spiro atoms. The van der Waals surface area contributed by atoms with Gasteiger partial charge in [0.2, 0.25) is 5.88 Å². The van der Waals surface area contributed by atoms with Crippen molar-refractivity contribution >= 4 is 11.0 Å². The molecule has 2 aromatic heterocycles. The van der Waals surface area contributed by atoms with Gasteiger partial charge in [0, 0.05) is 5.39 Å². The summed E-state index contributed by atoms with van der Waals surface area (Å²) in [6, 6.07) is 12.0. The summed E-state index contributed by atoms with van der Waals surface area (Å²) in [7, 11) is 0. The van der Waals surface area contributed by atoms with Crippen LogP contribution < -0.4 is 4.74 Å². The largest absolute Gasteiger partial charge is 0.472 e. The predicted octanol–water partition coefficient (Wildman–Crippen LogP) is 4.02. The summed E-state index contributed by atoms with van der Waals surface area (Å²) in [5.41, 5.74) is 3.86. The lowest BCUT2D eigenvalue weighted by Crippen LogP contribution is -2.00. The van der Waals surface area contributed by atoms with Gasteiger partial charge in [-0.05, 0) is 25.5 Å². The minimum Gasteiger partial charge on any atom is -0.472 e. The number of nitrogens with zero attached hydrogens (tertiary/aromatic N) is 1. The highest BCUT2D eigenvalue weighted by atomic mass is 16.5. The Morgan fingerprint density at radius 2 is 1.89 bits per heavy atom. The Bertz CT molecular complexity index is 701. The normalized spacial score (nSPS) is 10.8. The quantitative estimate of drug-likeness (QED) is 0.707. The molecular formula is C16H15NO2. The van der Waals surface area contributed by atoms with Gasteiger partial charge in [0.05, 0.1) is 17.5 Å². The van der Waals surface area contributed by atoms with Gasteiger partial charge in [-0.15, -0.1) is 0 Å². The number of aryl methyl sites for hydroxylation is 2. The van der Waals surface area contributed by atoms with E-state index in [1.54, 1.807) is 6.26 Å². The van der Waals surface area contributed by atoms with Crippen molar-refractivity contribution in [1.29, 1.82) is 0 Å². The molecule has 0 aliphatic carbocycles. The third kappa shape index (κ3) is 2.19. The highest BCUT2D eigenvalue weighted by Gasteiger charge is 2.12. The van der Waals surface area contributed by atoms with Crippen molar-refractivity contribution in [3.63, 3.8) is 0 Å².